The average Bonchev–Trinajstić information content (AvgIpc) is 2.15. The van der Waals surface area contributed by atoms with Gasteiger partial charge in [0, 0.05) is 30.8 Å². The predicted molar refractivity (Wildman–Crippen MR) is 70.9 cm³/mol. The first-order valence-corrected chi connectivity index (χ1v) is 8.97. The van der Waals surface area contributed by atoms with Gasteiger partial charge in [0.1, 0.15) is 0 Å². The average molecular weight is 226 g/mol. The van der Waals surface area contributed by atoms with Gasteiger partial charge in [-0.3, -0.25) is 4.90 Å². The molecular weight excluding hydrogens is 200 g/mol. The molecule has 0 spiro atoms. The van der Waals surface area contributed by atoms with Gasteiger partial charge in [-0.1, -0.05) is 19.7 Å². The number of hydrogen-bond donors (Lipinski definition) is 0. The van der Waals surface area contributed by atoms with Gasteiger partial charge in [0.05, 0.1) is 8.80 Å². The molecule has 88 valence electrons. The highest BCUT2D eigenvalue weighted by Gasteiger charge is 2.32. The first kappa shape index (κ1) is 12.8. The van der Waals surface area contributed by atoms with Gasteiger partial charge in [-0.25, -0.2) is 0 Å². The molecule has 0 aromatic heterocycles. The normalized spacial score (nSPS) is 24.7. The molecule has 1 aliphatic rings. The molecule has 0 bridgehead atoms. The maximum absolute atomic E-state index is 3.93. The van der Waals surface area contributed by atoms with Crippen LogP contribution in [0.15, 0.2) is 12.8 Å². The second-order valence-corrected chi connectivity index (χ2v) is 9.11. The van der Waals surface area contributed by atoms with Crippen molar-refractivity contribution in [3.05, 3.63) is 12.8 Å². The summed E-state index contributed by atoms with van der Waals surface area (Å²) < 4.78 is 0. The molecule has 1 rings (SSSR count). The number of hydrogen-bond acceptors (Lipinski definition) is 2. The van der Waals surface area contributed by atoms with Crippen molar-refractivity contribution in [2.75, 3.05) is 19.6 Å². The van der Waals surface area contributed by atoms with Crippen molar-refractivity contribution in [1.29, 1.82) is 0 Å². The summed E-state index contributed by atoms with van der Waals surface area (Å²) >= 11 is 0. The van der Waals surface area contributed by atoms with Crippen LogP contribution in [0.1, 0.15) is 20.8 Å². The standard InChI is InChI=1S/C12H26N2Si/c1-7-13-8-9-14(12(2,3)4)10-11(13)15(5)6/h7,11,15H,1,8-10H2,2-6H3. The van der Waals surface area contributed by atoms with Crippen LogP contribution in [0.3, 0.4) is 0 Å². The van der Waals surface area contributed by atoms with Crippen LogP contribution in [0.5, 0.6) is 0 Å². The van der Waals surface area contributed by atoms with Crippen LogP contribution in [-0.4, -0.2) is 49.4 Å². The molecule has 1 unspecified atom stereocenters. The molecule has 0 aliphatic carbocycles. The lowest BCUT2D eigenvalue weighted by Crippen LogP contribution is -2.60. The molecule has 2 nitrogen and oxygen atoms in total. The summed E-state index contributed by atoms with van der Waals surface area (Å²) in [4.78, 5) is 5.07. The summed E-state index contributed by atoms with van der Waals surface area (Å²) in [5.74, 6) is 0. The molecule has 15 heavy (non-hydrogen) atoms. The molecule has 0 saturated carbocycles. The van der Waals surface area contributed by atoms with E-state index in [9.17, 15) is 0 Å². The van der Waals surface area contributed by atoms with Crippen LogP contribution in [-0.2, 0) is 0 Å². The van der Waals surface area contributed by atoms with Crippen molar-refractivity contribution in [3.8, 4) is 0 Å². The third kappa shape index (κ3) is 3.08. The number of nitrogens with zero attached hydrogens (tertiary/aromatic N) is 2. The number of rotatable bonds is 2. The molecule has 1 saturated heterocycles. The molecule has 1 aliphatic heterocycles. The lowest BCUT2D eigenvalue weighted by molar-refractivity contribution is 0.0674. The first-order valence-electron chi connectivity index (χ1n) is 5.99. The van der Waals surface area contributed by atoms with Gasteiger partial charge in [0.2, 0.25) is 0 Å². The quantitative estimate of drug-likeness (QED) is 0.664. The van der Waals surface area contributed by atoms with Crippen LogP contribution in [0, 0.1) is 0 Å². The summed E-state index contributed by atoms with van der Waals surface area (Å²) in [5, 5.41) is 0. The van der Waals surface area contributed by atoms with Gasteiger partial charge in [-0.05, 0) is 27.0 Å². The van der Waals surface area contributed by atoms with Crippen LogP contribution < -0.4 is 0 Å². The number of piperazine rings is 1. The maximum atomic E-state index is 3.93. The highest BCUT2D eigenvalue weighted by atomic mass is 28.3. The SMILES string of the molecule is C=CN1CCN(C(C)(C)C)CC1[SiH](C)C. The van der Waals surface area contributed by atoms with Crippen molar-refractivity contribution < 1.29 is 0 Å². The van der Waals surface area contributed by atoms with Crippen LogP contribution in [0.4, 0.5) is 0 Å². The van der Waals surface area contributed by atoms with E-state index in [1.54, 1.807) is 0 Å². The molecule has 0 N–H and O–H groups in total. The van der Waals surface area contributed by atoms with E-state index in [1.807, 2.05) is 6.20 Å². The van der Waals surface area contributed by atoms with E-state index in [1.165, 1.54) is 13.1 Å². The lowest BCUT2D eigenvalue weighted by Gasteiger charge is -2.47. The highest BCUT2D eigenvalue weighted by molar-refractivity contribution is 6.57. The Hall–Kier alpha value is -0.283. The highest BCUT2D eigenvalue weighted by Crippen LogP contribution is 2.20. The van der Waals surface area contributed by atoms with Crippen LogP contribution in [0.2, 0.25) is 13.1 Å². The molecular formula is C12H26N2Si. The van der Waals surface area contributed by atoms with Crippen molar-refractivity contribution >= 4 is 8.80 Å². The van der Waals surface area contributed by atoms with E-state index in [0.717, 1.165) is 12.2 Å². The fourth-order valence-electron chi connectivity index (χ4n) is 2.25. The van der Waals surface area contributed by atoms with Gasteiger partial charge in [0.25, 0.3) is 0 Å². The van der Waals surface area contributed by atoms with Crippen LogP contribution in [0.25, 0.3) is 0 Å². The van der Waals surface area contributed by atoms with Gasteiger partial charge in [0.15, 0.2) is 0 Å². The molecule has 0 radical (unpaired) electrons. The van der Waals surface area contributed by atoms with E-state index < -0.39 is 8.80 Å². The van der Waals surface area contributed by atoms with E-state index >= 15 is 0 Å². The zero-order valence-electron chi connectivity index (χ0n) is 11.0. The molecule has 1 atom stereocenters. The van der Waals surface area contributed by atoms with Crippen molar-refractivity contribution in [3.63, 3.8) is 0 Å². The minimum Gasteiger partial charge on any atom is -0.376 e. The van der Waals surface area contributed by atoms with E-state index in [4.69, 9.17) is 0 Å². The third-order valence-corrected chi connectivity index (χ3v) is 5.55. The summed E-state index contributed by atoms with van der Waals surface area (Å²) in [7, 11) is -0.625. The summed E-state index contributed by atoms with van der Waals surface area (Å²) in [6.07, 6.45) is 2.04. The predicted octanol–water partition coefficient (Wildman–Crippen LogP) is 1.94. The Morgan fingerprint density at radius 1 is 1.27 bits per heavy atom. The van der Waals surface area contributed by atoms with Crippen molar-refractivity contribution in [1.82, 2.24) is 9.80 Å². The molecule has 0 aromatic carbocycles. The lowest BCUT2D eigenvalue weighted by atomic mass is 10.1. The zero-order valence-corrected chi connectivity index (χ0v) is 12.1. The van der Waals surface area contributed by atoms with Crippen LogP contribution >= 0.6 is 0 Å². The second kappa shape index (κ2) is 4.70. The minimum absolute atomic E-state index is 0.314. The fourth-order valence-corrected chi connectivity index (χ4v) is 3.97. The fraction of sp³-hybridized carbons (Fsp3) is 0.833. The molecule has 0 aromatic rings. The maximum Gasteiger partial charge on any atom is 0.0591 e. The zero-order chi connectivity index (χ0) is 11.6. The largest absolute Gasteiger partial charge is 0.376 e. The van der Waals surface area contributed by atoms with E-state index in [-0.39, 0.29) is 0 Å². The van der Waals surface area contributed by atoms with Gasteiger partial charge in [-0.2, -0.15) is 0 Å². The third-order valence-electron chi connectivity index (χ3n) is 3.41. The molecule has 1 heterocycles. The smallest absolute Gasteiger partial charge is 0.0591 e. The Morgan fingerprint density at radius 3 is 2.27 bits per heavy atom. The Kier molecular flexibility index (Phi) is 4.01. The minimum atomic E-state index is -0.625. The van der Waals surface area contributed by atoms with Crippen molar-refractivity contribution in [2.24, 2.45) is 0 Å². The topological polar surface area (TPSA) is 6.48 Å². The van der Waals surface area contributed by atoms with Gasteiger partial charge < -0.3 is 4.90 Å². The Bertz CT molecular complexity index is 220. The molecule has 3 heteroatoms. The van der Waals surface area contributed by atoms with E-state index in [0.29, 0.717) is 5.54 Å². The first-order chi connectivity index (χ1) is 6.86. The Balaban J connectivity index is 2.70. The Labute approximate surface area is 96.6 Å². The summed E-state index contributed by atoms with van der Waals surface area (Å²) in [6.45, 7) is 19.3. The van der Waals surface area contributed by atoms with Gasteiger partial charge >= 0.3 is 0 Å². The summed E-state index contributed by atoms with van der Waals surface area (Å²) in [6, 6.07) is 0. The van der Waals surface area contributed by atoms with Crippen molar-refractivity contribution in [2.45, 2.75) is 45.1 Å². The molecule has 1 fully saturated rings. The monoisotopic (exact) mass is 226 g/mol. The Morgan fingerprint density at radius 2 is 1.87 bits per heavy atom. The second-order valence-electron chi connectivity index (χ2n) is 5.85. The summed E-state index contributed by atoms with van der Waals surface area (Å²) in [5.41, 5.74) is 1.07. The van der Waals surface area contributed by atoms with Gasteiger partial charge in [-0.15, -0.1) is 0 Å². The van der Waals surface area contributed by atoms with E-state index in [2.05, 4.69) is 50.2 Å². The molecule has 0 amide bonds.